The zero-order chi connectivity index (χ0) is 16.9. The number of rotatable bonds is 6. The summed E-state index contributed by atoms with van der Waals surface area (Å²) in [5, 5.41) is 2.38. The van der Waals surface area contributed by atoms with Crippen molar-refractivity contribution in [2.75, 3.05) is 6.61 Å². The fourth-order valence-electron chi connectivity index (χ4n) is 2.06. The lowest BCUT2D eigenvalue weighted by atomic mass is 10.1. The SMILES string of the molecule is CCOc1ccc2nc(SC=CC(=O)c3ccc(Cl)cc3)sc2c1. The molecule has 0 bridgehead atoms. The molecule has 122 valence electrons. The fraction of sp³-hybridized carbons (Fsp3) is 0.111. The molecule has 3 nitrogen and oxygen atoms in total. The van der Waals surface area contributed by atoms with Crippen LogP contribution in [0.15, 0.2) is 58.3 Å². The Kier molecular flexibility index (Phi) is 5.56. The molecule has 3 aromatic rings. The van der Waals surface area contributed by atoms with Gasteiger partial charge in [-0.05, 0) is 60.9 Å². The van der Waals surface area contributed by atoms with Crippen LogP contribution in [-0.2, 0) is 0 Å². The third kappa shape index (κ3) is 4.17. The first-order valence-corrected chi connectivity index (χ1v) is 9.39. The predicted molar refractivity (Wildman–Crippen MR) is 102 cm³/mol. The number of ether oxygens (including phenoxy) is 1. The van der Waals surface area contributed by atoms with Crippen LogP contribution in [0, 0.1) is 0 Å². The number of allylic oxidation sites excluding steroid dienone is 1. The van der Waals surface area contributed by atoms with E-state index in [9.17, 15) is 4.79 Å². The van der Waals surface area contributed by atoms with Gasteiger partial charge in [-0.1, -0.05) is 23.4 Å². The quantitative estimate of drug-likeness (QED) is 0.308. The van der Waals surface area contributed by atoms with Gasteiger partial charge >= 0.3 is 0 Å². The molecule has 0 fully saturated rings. The second kappa shape index (κ2) is 7.83. The first-order valence-electron chi connectivity index (χ1n) is 7.32. The summed E-state index contributed by atoms with van der Waals surface area (Å²) in [6, 6.07) is 12.7. The van der Waals surface area contributed by atoms with Crippen molar-refractivity contribution < 1.29 is 9.53 Å². The van der Waals surface area contributed by atoms with Gasteiger partial charge in [-0.15, -0.1) is 11.3 Å². The number of hydrogen-bond donors (Lipinski definition) is 0. The number of ketones is 1. The van der Waals surface area contributed by atoms with Crippen LogP contribution in [-0.4, -0.2) is 17.4 Å². The Labute approximate surface area is 153 Å². The van der Waals surface area contributed by atoms with Gasteiger partial charge in [-0.25, -0.2) is 4.98 Å². The molecule has 0 saturated heterocycles. The molecule has 0 aliphatic carbocycles. The molecule has 1 aromatic heterocycles. The third-order valence-electron chi connectivity index (χ3n) is 3.17. The fourth-order valence-corrected chi connectivity index (χ4v) is 3.99. The van der Waals surface area contributed by atoms with Crippen molar-refractivity contribution in [3.63, 3.8) is 0 Å². The molecule has 0 atom stereocenters. The molecular weight excluding hydrogens is 362 g/mol. The Morgan fingerprint density at radius 3 is 2.83 bits per heavy atom. The van der Waals surface area contributed by atoms with Gasteiger partial charge in [-0.3, -0.25) is 4.79 Å². The normalized spacial score (nSPS) is 11.2. The minimum absolute atomic E-state index is 0.0566. The third-order valence-corrected chi connectivity index (χ3v) is 5.34. The summed E-state index contributed by atoms with van der Waals surface area (Å²) in [4.78, 5) is 16.6. The largest absolute Gasteiger partial charge is 0.494 e. The van der Waals surface area contributed by atoms with E-state index in [2.05, 4.69) is 4.98 Å². The highest BCUT2D eigenvalue weighted by Crippen LogP contribution is 2.32. The van der Waals surface area contributed by atoms with Crippen LogP contribution in [0.3, 0.4) is 0 Å². The van der Waals surface area contributed by atoms with Gasteiger partial charge in [0.25, 0.3) is 0 Å². The Morgan fingerprint density at radius 2 is 2.08 bits per heavy atom. The van der Waals surface area contributed by atoms with E-state index in [-0.39, 0.29) is 5.78 Å². The van der Waals surface area contributed by atoms with Gasteiger partial charge in [-0.2, -0.15) is 0 Å². The predicted octanol–water partition coefficient (Wildman–Crippen LogP) is 5.84. The molecule has 0 spiro atoms. The van der Waals surface area contributed by atoms with Crippen LogP contribution in [0.5, 0.6) is 5.75 Å². The molecule has 24 heavy (non-hydrogen) atoms. The maximum Gasteiger partial charge on any atom is 0.186 e. The van der Waals surface area contributed by atoms with Crippen LogP contribution >= 0.6 is 34.7 Å². The molecule has 0 N–H and O–H groups in total. The molecule has 6 heteroatoms. The van der Waals surface area contributed by atoms with E-state index in [1.54, 1.807) is 47.1 Å². The Hall–Kier alpha value is -1.82. The average Bonchev–Trinajstić information content (AvgIpc) is 2.97. The summed E-state index contributed by atoms with van der Waals surface area (Å²) in [5.41, 5.74) is 1.55. The molecule has 0 unspecified atom stereocenters. The average molecular weight is 376 g/mol. The molecule has 0 aliphatic rings. The number of benzene rings is 2. The highest BCUT2D eigenvalue weighted by molar-refractivity contribution is 8.03. The Balaban J connectivity index is 1.68. The zero-order valence-corrected chi connectivity index (χ0v) is 15.3. The number of halogens is 1. The van der Waals surface area contributed by atoms with Crippen LogP contribution in [0.1, 0.15) is 17.3 Å². The minimum Gasteiger partial charge on any atom is -0.494 e. The summed E-state index contributed by atoms with van der Waals surface area (Å²) in [6.07, 6.45) is 1.55. The van der Waals surface area contributed by atoms with E-state index in [0.29, 0.717) is 17.2 Å². The van der Waals surface area contributed by atoms with Crippen molar-refractivity contribution in [3.05, 3.63) is 64.5 Å². The van der Waals surface area contributed by atoms with Gasteiger partial charge in [0.15, 0.2) is 10.1 Å². The van der Waals surface area contributed by atoms with Crippen molar-refractivity contribution in [3.8, 4) is 5.75 Å². The maximum absolute atomic E-state index is 12.1. The van der Waals surface area contributed by atoms with Crippen molar-refractivity contribution in [1.82, 2.24) is 4.98 Å². The standard InChI is InChI=1S/C18H14ClNO2S2/c1-2-22-14-7-8-15-17(11-14)24-18(20-15)23-10-9-16(21)12-3-5-13(19)6-4-12/h3-11H,2H2,1H3. The number of fused-ring (bicyclic) bond motifs is 1. The first kappa shape index (κ1) is 17.0. The lowest BCUT2D eigenvalue weighted by Gasteiger charge is -2.00. The summed E-state index contributed by atoms with van der Waals surface area (Å²) in [6.45, 7) is 2.60. The van der Waals surface area contributed by atoms with Gasteiger partial charge < -0.3 is 4.74 Å². The molecule has 0 amide bonds. The Bertz CT molecular complexity index is 888. The highest BCUT2D eigenvalue weighted by Gasteiger charge is 2.06. The summed E-state index contributed by atoms with van der Waals surface area (Å²) < 4.78 is 7.46. The van der Waals surface area contributed by atoms with E-state index < -0.39 is 0 Å². The van der Waals surface area contributed by atoms with Gasteiger partial charge in [0, 0.05) is 10.6 Å². The van der Waals surface area contributed by atoms with Crippen molar-refractivity contribution in [2.24, 2.45) is 0 Å². The number of aromatic nitrogens is 1. The first-order chi connectivity index (χ1) is 11.7. The van der Waals surface area contributed by atoms with Crippen LogP contribution in [0.4, 0.5) is 0 Å². The number of hydrogen-bond acceptors (Lipinski definition) is 5. The monoisotopic (exact) mass is 375 g/mol. The summed E-state index contributed by atoms with van der Waals surface area (Å²) in [7, 11) is 0. The summed E-state index contributed by atoms with van der Waals surface area (Å²) in [5.74, 6) is 0.789. The van der Waals surface area contributed by atoms with Crippen LogP contribution in [0.25, 0.3) is 10.2 Å². The zero-order valence-electron chi connectivity index (χ0n) is 12.9. The van der Waals surface area contributed by atoms with E-state index in [4.69, 9.17) is 16.3 Å². The number of carbonyl (C=O) groups is 1. The number of thioether (sulfide) groups is 1. The van der Waals surface area contributed by atoms with Crippen molar-refractivity contribution >= 4 is 50.7 Å². The van der Waals surface area contributed by atoms with E-state index >= 15 is 0 Å². The Morgan fingerprint density at radius 1 is 1.29 bits per heavy atom. The van der Waals surface area contributed by atoms with E-state index in [1.807, 2.05) is 25.1 Å². The smallest absolute Gasteiger partial charge is 0.186 e. The second-order valence-electron chi connectivity index (χ2n) is 4.83. The van der Waals surface area contributed by atoms with Crippen molar-refractivity contribution in [2.45, 2.75) is 11.3 Å². The van der Waals surface area contributed by atoms with Gasteiger partial charge in [0.2, 0.25) is 0 Å². The topological polar surface area (TPSA) is 39.2 Å². The molecule has 0 radical (unpaired) electrons. The minimum atomic E-state index is -0.0566. The van der Waals surface area contributed by atoms with Crippen LogP contribution < -0.4 is 4.74 Å². The van der Waals surface area contributed by atoms with Gasteiger partial charge in [0.1, 0.15) is 5.75 Å². The highest BCUT2D eigenvalue weighted by atomic mass is 35.5. The number of thiazole rings is 1. The molecule has 0 saturated carbocycles. The molecule has 1 heterocycles. The number of carbonyl (C=O) groups excluding carboxylic acids is 1. The van der Waals surface area contributed by atoms with E-state index in [0.717, 1.165) is 20.3 Å². The van der Waals surface area contributed by atoms with Gasteiger partial charge in [0.05, 0.1) is 16.8 Å². The summed E-state index contributed by atoms with van der Waals surface area (Å²) >= 11 is 8.83. The van der Waals surface area contributed by atoms with Crippen LogP contribution in [0.2, 0.25) is 5.02 Å². The molecule has 2 aromatic carbocycles. The second-order valence-corrected chi connectivity index (χ2v) is 7.45. The molecule has 0 aliphatic heterocycles. The lowest BCUT2D eigenvalue weighted by molar-refractivity contribution is 0.104. The van der Waals surface area contributed by atoms with E-state index in [1.165, 1.54) is 11.8 Å². The lowest BCUT2D eigenvalue weighted by Crippen LogP contribution is -1.92. The molecular formula is C18H14ClNO2S2. The maximum atomic E-state index is 12.1. The number of nitrogens with zero attached hydrogens (tertiary/aromatic N) is 1. The molecule has 3 rings (SSSR count). The van der Waals surface area contributed by atoms with Crippen molar-refractivity contribution in [1.29, 1.82) is 0 Å².